The maximum atomic E-state index is 11.9. The maximum absolute atomic E-state index is 11.9. The van der Waals surface area contributed by atoms with E-state index in [9.17, 15) is 14.4 Å². The number of carbonyl (C=O) groups excluding carboxylic acids is 3. The van der Waals surface area contributed by atoms with Crippen LogP contribution in [0.5, 0.6) is 0 Å². The van der Waals surface area contributed by atoms with Crippen LogP contribution in [0.3, 0.4) is 0 Å². The molecule has 0 aromatic heterocycles. The molecule has 1 unspecified atom stereocenters. The van der Waals surface area contributed by atoms with Crippen LogP contribution in [-0.4, -0.2) is 34.7 Å². The summed E-state index contributed by atoms with van der Waals surface area (Å²) in [4.78, 5) is 37.8. The first-order valence-corrected chi connectivity index (χ1v) is 6.70. The van der Waals surface area contributed by atoms with Gasteiger partial charge in [-0.1, -0.05) is 18.2 Å². The Morgan fingerprint density at radius 1 is 1.35 bits per heavy atom. The third kappa shape index (κ3) is 2.99. The fourth-order valence-corrected chi connectivity index (χ4v) is 2.50. The van der Waals surface area contributed by atoms with Crippen molar-refractivity contribution in [2.24, 2.45) is 0 Å². The quantitative estimate of drug-likeness (QED) is 0.795. The Balaban J connectivity index is 2.22. The Kier molecular flexibility index (Phi) is 4.39. The monoisotopic (exact) mass is 294 g/mol. The summed E-state index contributed by atoms with van der Waals surface area (Å²) in [5.41, 5.74) is 0.681. The van der Waals surface area contributed by atoms with E-state index in [-0.39, 0.29) is 24.9 Å². The van der Waals surface area contributed by atoms with Crippen molar-refractivity contribution in [3.8, 4) is 0 Å². The first-order valence-electron chi connectivity index (χ1n) is 6.32. The predicted octanol–water partition coefficient (Wildman–Crippen LogP) is 1.75. The normalized spacial score (nSPS) is 18.2. The largest absolute Gasteiger partial charge is 0.313 e. The smallest absolute Gasteiger partial charge is 0.244 e. The van der Waals surface area contributed by atoms with Crippen LogP contribution in [0, 0.1) is 0 Å². The highest BCUT2D eigenvalue weighted by Crippen LogP contribution is 2.23. The highest BCUT2D eigenvalue weighted by Gasteiger charge is 2.36. The molecule has 2 rings (SSSR count). The second kappa shape index (κ2) is 6.05. The molecule has 0 bridgehead atoms. The minimum atomic E-state index is -0.644. The number of nitrogens with zero attached hydrogens (tertiary/aromatic N) is 2. The zero-order chi connectivity index (χ0) is 14.7. The highest BCUT2D eigenvalue weighted by atomic mass is 35.5. The van der Waals surface area contributed by atoms with Gasteiger partial charge in [0.25, 0.3) is 0 Å². The molecule has 1 atom stereocenters. The number of hydrogen-bond donors (Lipinski definition) is 0. The molecule has 1 fully saturated rings. The Hall–Kier alpha value is -1.88. The van der Waals surface area contributed by atoms with Crippen molar-refractivity contribution >= 4 is 34.3 Å². The molecule has 0 aliphatic carbocycles. The average Bonchev–Trinajstić information content (AvgIpc) is 2.78. The van der Waals surface area contributed by atoms with E-state index in [1.165, 1.54) is 16.7 Å². The molecule has 5 nitrogen and oxygen atoms in total. The van der Waals surface area contributed by atoms with Crippen LogP contribution < -0.4 is 4.90 Å². The number of halogens is 1. The van der Waals surface area contributed by atoms with E-state index in [2.05, 4.69) is 0 Å². The van der Waals surface area contributed by atoms with Gasteiger partial charge in [-0.2, -0.15) is 0 Å². The number of rotatable bonds is 4. The molecule has 20 heavy (non-hydrogen) atoms. The Morgan fingerprint density at radius 3 is 2.55 bits per heavy atom. The van der Waals surface area contributed by atoms with Gasteiger partial charge in [-0.15, -0.1) is 0 Å². The van der Waals surface area contributed by atoms with E-state index in [0.717, 1.165) is 0 Å². The van der Waals surface area contributed by atoms with Gasteiger partial charge in [0.2, 0.25) is 17.1 Å². The van der Waals surface area contributed by atoms with E-state index < -0.39 is 11.3 Å². The van der Waals surface area contributed by atoms with Crippen molar-refractivity contribution in [3.05, 3.63) is 30.3 Å². The Labute approximate surface area is 122 Å². The van der Waals surface area contributed by atoms with Gasteiger partial charge >= 0.3 is 0 Å². The van der Waals surface area contributed by atoms with Gasteiger partial charge in [-0.3, -0.25) is 19.3 Å². The first-order chi connectivity index (χ1) is 9.50. The number of anilines is 1. The summed E-state index contributed by atoms with van der Waals surface area (Å²) in [5, 5.41) is -0.563. The van der Waals surface area contributed by atoms with Gasteiger partial charge in [0, 0.05) is 19.0 Å². The third-order valence-corrected chi connectivity index (χ3v) is 3.58. The average molecular weight is 295 g/mol. The lowest BCUT2D eigenvalue weighted by Gasteiger charge is -2.29. The van der Waals surface area contributed by atoms with Crippen LogP contribution in [0.4, 0.5) is 5.69 Å². The summed E-state index contributed by atoms with van der Waals surface area (Å²) in [5.74, 6) is -0.358. The highest BCUT2D eigenvalue weighted by molar-refractivity contribution is 6.65. The van der Waals surface area contributed by atoms with Crippen molar-refractivity contribution in [3.63, 3.8) is 0 Å². The number of likely N-dealkylation sites (tertiary alicyclic amines) is 1. The van der Waals surface area contributed by atoms with Gasteiger partial charge in [-0.25, -0.2) is 0 Å². The van der Waals surface area contributed by atoms with Gasteiger partial charge in [-0.05, 0) is 30.2 Å². The van der Waals surface area contributed by atoms with Crippen molar-refractivity contribution in [1.29, 1.82) is 0 Å². The molecule has 1 aliphatic rings. The number of carbonyl (C=O) groups is 3. The summed E-state index contributed by atoms with van der Waals surface area (Å²) in [6, 6.07) is 8.37. The maximum Gasteiger partial charge on any atom is 0.244 e. The predicted molar refractivity (Wildman–Crippen MR) is 75.2 cm³/mol. The lowest BCUT2D eigenvalue weighted by molar-refractivity contribution is -0.132. The summed E-state index contributed by atoms with van der Waals surface area (Å²) in [7, 11) is 0. The van der Waals surface area contributed by atoms with Gasteiger partial charge in [0.15, 0.2) is 0 Å². The van der Waals surface area contributed by atoms with Gasteiger partial charge in [0.05, 0.1) is 0 Å². The molecule has 1 saturated heterocycles. The van der Waals surface area contributed by atoms with Crippen molar-refractivity contribution in [2.45, 2.75) is 25.8 Å². The van der Waals surface area contributed by atoms with Crippen molar-refractivity contribution in [1.82, 2.24) is 4.90 Å². The lowest BCUT2D eigenvalue weighted by Crippen LogP contribution is -2.46. The molecule has 1 aromatic carbocycles. The standard InChI is InChI=1S/C14H15ClN2O3/c1-10(18)16(11-5-3-2-4-6-11)9-17-12(14(15)20)7-8-13(17)19/h2-6,12H,7-9H2,1H3. The minimum absolute atomic E-state index is 0.0430. The zero-order valence-corrected chi connectivity index (χ0v) is 11.8. The summed E-state index contributed by atoms with van der Waals surface area (Å²) < 4.78 is 0. The van der Waals surface area contributed by atoms with E-state index in [1.54, 1.807) is 24.3 Å². The summed E-state index contributed by atoms with van der Waals surface area (Å²) >= 11 is 5.52. The fraction of sp³-hybridized carbons (Fsp3) is 0.357. The molecular formula is C14H15ClN2O3. The second-order valence-corrected chi connectivity index (χ2v) is 5.02. The minimum Gasteiger partial charge on any atom is -0.313 e. The molecule has 2 amide bonds. The van der Waals surface area contributed by atoms with Crippen LogP contribution in [0.25, 0.3) is 0 Å². The van der Waals surface area contributed by atoms with Crippen LogP contribution >= 0.6 is 11.6 Å². The number of benzene rings is 1. The molecule has 1 aliphatic heterocycles. The van der Waals surface area contributed by atoms with E-state index in [4.69, 9.17) is 11.6 Å². The molecule has 106 valence electrons. The number of hydrogen-bond acceptors (Lipinski definition) is 3. The zero-order valence-electron chi connectivity index (χ0n) is 11.1. The van der Waals surface area contributed by atoms with Crippen LogP contribution in [-0.2, 0) is 14.4 Å². The van der Waals surface area contributed by atoms with E-state index >= 15 is 0 Å². The van der Waals surface area contributed by atoms with Gasteiger partial charge in [0.1, 0.15) is 12.7 Å². The summed E-state index contributed by atoms with van der Waals surface area (Å²) in [6.07, 6.45) is 0.686. The van der Waals surface area contributed by atoms with E-state index in [1.807, 2.05) is 6.07 Å². The lowest BCUT2D eigenvalue weighted by atomic mass is 10.2. The SMILES string of the molecule is CC(=O)N(CN1C(=O)CCC1C(=O)Cl)c1ccccc1. The molecule has 0 radical (unpaired) electrons. The number of para-hydroxylation sites is 1. The van der Waals surface area contributed by atoms with Crippen molar-refractivity contribution in [2.75, 3.05) is 11.6 Å². The van der Waals surface area contributed by atoms with Crippen LogP contribution in [0.2, 0.25) is 0 Å². The third-order valence-electron chi connectivity index (χ3n) is 3.33. The second-order valence-electron chi connectivity index (χ2n) is 4.65. The fourth-order valence-electron chi connectivity index (χ4n) is 2.27. The van der Waals surface area contributed by atoms with Crippen LogP contribution in [0.15, 0.2) is 30.3 Å². The summed E-state index contributed by atoms with van der Waals surface area (Å²) in [6.45, 7) is 1.46. The topological polar surface area (TPSA) is 57.7 Å². The molecule has 0 N–H and O–H groups in total. The molecule has 0 saturated carbocycles. The molecule has 1 aromatic rings. The number of amides is 2. The molecule has 6 heteroatoms. The van der Waals surface area contributed by atoms with E-state index in [0.29, 0.717) is 12.1 Å². The Morgan fingerprint density at radius 2 is 2.00 bits per heavy atom. The first kappa shape index (κ1) is 14.5. The molecule has 0 spiro atoms. The van der Waals surface area contributed by atoms with Crippen LogP contribution in [0.1, 0.15) is 19.8 Å². The Bertz CT molecular complexity index is 532. The van der Waals surface area contributed by atoms with Gasteiger partial charge < -0.3 is 4.90 Å². The molecule has 1 heterocycles. The van der Waals surface area contributed by atoms with Crippen molar-refractivity contribution < 1.29 is 14.4 Å². The molecular weight excluding hydrogens is 280 g/mol.